The molecule has 3 nitrogen and oxygen atoms in total. The monoisotopic (exact) mass is 303 g/mol. The molecule has 7 heteroatoms. The van der Waals surface area contributed by atoms with Crippen molar-refractivity contribution < 1.29 is 27.2 Å². The summed E-state index contributed by atoms with van der Waals surface area (Å²) in [5.74, 6) is -4.10. The number of nitrogens with zero attached hydrogens (tertiary/aromatic N) is 1. The number of carbonyl (C=O) groups is 2. The number of likely N-dealkylation sites (tertiary alicyclic amines) is 1. The SMILES string of the molecule is CN1CCC[C@@H](C(=O)c2cccc(C(F)(F)F)c2F)C1=O. The molecule has 0 radical (unpaired) electrons. The molecule has 1 heterocycles. The zero-order chi connectivity index (χ0) is 15.8. The third-order valence-corrected chi connectivity index (χ3v) is 3.55. The number of ketones is 1. The Kier molecular flexibility index (Phi) is 4.02. The lowest BCUT2D eigenvalue weighted by atomic mass is 9.88. The molecule has 0 aliphatic carbocycles. The predicted molar refractivity (Wildman–Crippen MR) is 66.1 cm³/mol. The molecule has 1 aliphatic rings. The molecule has 2 rings (SSSR count). The first-order chi connectivity index (χ1) is 9.73. The maximum absolute atomic E-state index is 13.9. The Hall–Kier alpha value is -1.92. The normalized spacial score (nSPS) is 19.8. The van der Waals surface area contributed by atoms with Gasteiger partial charge in [-0.05, 0) is 25.0 Å². The van der Waals surface area contributed by atoms with Gasteiger partial charge >= 0.3 is 6.18 Å². The summed E-state index contributed by atoms with van der Waals surface area (Å²) in [4.78, 5) is 25.4. The van der Waals surface area contributed by atoms with Gasteiger partial charge in [0.15, 0.2) is 5.78 Å². The van der Waals surface area contributed by atoms with Gasteiger partial charge in [0.2, 0.25) is 5.91 Å². The Balaban J connectivity index is 2.38. The van der Waals surface area contributed by atoms with E-state index in [1.807, 2.05) is 0 Å². The molecule has 1 aliphatic heterocycles. The highest BCUT2D eigenvalue weighted by molar-refractivity contribution is 6.10. The highest BCUT2D eigenvalue weighted by Crippen LogP contribution is 2.33. The van der Waals surface area contributed by atoms with E-state index in [0.717, 1.165) is 12.1 Å². The number of Topliss-reactive ketones (excluding diaryl/α,β-unsaturated/α-hetero) is 1. The summed E-state index contributed by atoms with van der Waals surface area (Å²) in [7, 11) is 1.50. The van der Waals surface area contributed by atoms with Gasteiger partial charge in [0.1, 0.15) is 11.7 Å². The molecule has 0 bridgehead atoms. The Labute approximate surface area is 118 Å². The van der Waals surface area contributed by atoms with Crippen molar-refractivity contribution in [3.05, 3.63) is 35.1 Å². The van der Waals surface area contributed by atoms with Crippen LogP contribution in [0.2, 0.25) is 0 Å². The van der Waals surface area contributed by atoms with Crippen molar-refractivity contribution >= 4 is 11.7 Å². The van der Waals surface area contributed by atoms with Crippen molar-refractivity contribution in [3.63, 3.8) is 0 Å². The number of hydrogen-bond donors (Lipinski definition) is 0. The van der Waals surface area contributed by atoms with Crippen LogP contribution in [0.3, 0.4) is 0 Å². The van der Waals surface area contributed by atoms with Crippen LogP contribution in [-0.4, -0.2) is 30.2 Å². The van der Waals surface area contributed by atoms with Crippen molar-refractivity contribution in [2.75, 3.05) is 13.6 Å². The van der Waals surface area contributed by atoms with Crippen LogP contribution in [-0.2, 0) is 11.0 Å². The molecule has 0 unspecified atom stereocenters. The number of carbonyl (C=O) groups excluding carboxylic acids is 2. The van der Waals surface area contributed by atoms with Gasteiger partial charge in [-0.2, -0.15) is 13.2 Å². The molecule has 0 N–H and O–H groups in total. The fourth-order valence-electron chi connectivity index (χ4n) is 2.40. The van der Waals surface area contributed by atoms with Crippen molar-refractivity contribution in [1.29, 1.82) is 0 Å². The van der Waals surface area contributed by atoms with E-state index in [9.17, 15) is 27.2 Å². The molecule has 21 heavy (non-hydrogen) atoms. The molecular formula is C14H13F4NO2. The first-order valence-electron chi connectivity index (χ1n) is 6.38. The van der Waals surface area contributed by atoms with Gasteiger partial charge in [-0.15, -0.1) is 0 Å². The lowest BCUT2D eigenvalue weighted by Crippen LogP contribution is -2.42. The minimum Gasteiger partial charge on any atom is -0.345 e. The third-order valence-electron chi connectivity index (χ3n) is 3.55. The van der Waals surface area contributed by atoms with E-state index in [1.54, 1.807) is 0 Å². The summed E-state index contributed by atoms with van der Waals surface area (Å²) in [5.41, 5.74) is -2.18. The largest absolute Gasteiger partial charge is 0.419 e. The van der Waals surface area contributed by atoms with Crippen molar-refractivity contribution in [2.45, 2.75) is 19.0 Å². The molecule has 0 aromatic heterocycles. The minimum absolute atomic E-state index is 0.220. The molecule has 1 amide bonds. The number of benzene rings is 1. The quantitative estimate of drug-likeness (QED) is 0.478. The van der Waals surface area contributed by atoms with Crippen LogP contribution in [0.1, 0.15) is 28.8 Å². The highest BCUT2D eigenvalue weighted by atomic mass is 19.4. The molecule has 114 valence electrons. The van der Waals surface area contributed by atoms with Crippen LogP contribution in [0, 0.1) is 11.7 Å². The molecular weight excluding hydrogens is 290 g/mol. The number of piperidine rings is 1. The number of amides is 1. The highest BCUT2D eigenvalue weighted by Gasteiger charge is 2.38. The van der Waals surface area contributed by atoms with E-state index in [-0.39, 0.29) is 6.42 Å². The molecule has 1 saturated heterocycles. The fourth-order valence-corrected chi connectivity index (χ4v) is 2.40. The van der Waals surface area contributed by atoms with E-state index in [1.165, 1.54) is 11.9 Å². The summed E-state index contributed by atoms with van der Waals surface area (Å²) in [6, 6.07) is 2.52. The molecule has 1 aromatic carbocycles. The molecule has 1 fully saturated rings. The second kappa shape index (κ2) is 5.46. The molecule has 1 aromatic rings. The number of rotatable bonds is 2. The van der Waals surface area contributed by atoms with Gasteiger partial charge in [0.05, 0.1) is 11.1 Å². The summed E-state index contributed by atoms with van der Waals surface area (Å²) in [6.45, 7) is 0.480. The van der Waals surface area contributed by atoms with Crippen LogP contribution in [0.5, 0.6) is 0 Å². The van der Waals surface area contributed by atoms with E-state index in [0.29, 0.717) is 19.0 Å². The van der Waals surface area contributed by atoms with E-state index < -0.39 is 40.7 Å². The topological polar surface area (TPSA) is 37.4 Å². The summed E-state index contributed by atoms with van der Waals surface area (Å²) in [5, 5.41) is 0. The summed E-state index contributed by atoms with van der Waals surface area (Å²) in [6.07, 6.45) is -4.11. The van der Waals surface area contributed by atoms with Crippen molar-refractivity contribution in [1.82, 2.24) is 4.90 Å². The summed E-state index contributed by atoms with van der Waals surface area (Å²) < 4.78 is 51.9. The smallest absolute Gasteiger partial charge is 0.345 e. The minimum atomic E-state index is -4.88. The Morgan fingerprint density at radius 3 is 2.62 bits per heavy atom. The van der Waals surface area contributed by atoms with Crippen molar-refractivity contribution in [2.24, 2.45) is 5.92 Å². The third kappa shape index (κ3) is 2.91. The Bertz CT molecular complexity index is 583. The Morgan fingerprint density at radius 1 is 1.33 bits per heavy atom. The zero-order valence-electron chi connectivity index (χ0n) is 11.2. The van der Waals surface area contributed by atoms with Crippen LogP contribution >= 0.6 is 0 Å². The molecule has 0 saturated carbocycles. The Morgan fingerprint density at radius 2 is 2.00 bits per heavy atom. The first kappa shape index (κ1) is 15.5. The van der Waals surface area contributed by atoms with Crippen LogP contribution in [0.15, 0.2) is 18.2 Å². The lowest BCUT2D eigenvalue weighted by molar-refractivity contribution is -0.140. The number of hydrogen-bond acceptors (Lipinski definition) is 2. The fraction of sp³-hybridized carbons (Fsp3) is 0.429. The predicted octanol–water partition coefficient (Wildman–Crippen LogP) is 2.90. The average Bonchev–Trinajstić information content (AvgIpc) is 2.40. The van der Waals surface area contributed by atoms with Gasteiger partial charge in [-0.1, -0.05) is 6.07 Å². The average molecular weight is 303 g/mol. The summed E-state index contributed by atoms with van der Waals surface area (Å²) >= 11 is 0. The maximum atomic E-state index is 13.9. The van der Waals surface area contributed by atoms with E-state index >= 15 is 0 Å². The second-order valence-corrected chi connectivity index (χ2v) is 4.98. The second-order valence-electron chi connectivity index (χ2n) is 4.98. The van der Waals surface area contributed by atoms with E-state index in [2.05, 4.69) is 0 Å². The number of halogens is 4. The van der Waals surface area contributed by atoms with Crippen molar-refractivity contribution in [3.8, 4) is 0 Å². The maximum Gasteiger partial charge on any atom is 0.419 e. The molecule has 1 atom stereocenters. The van der Waals surface area contributed by atoms with Gasteiger partial charge < -0.3 is 4.90 Å². The first-order valence-corrected chi connectivity index (χ1v) is 6.38. The van der Waals surface area contributed by atoms with Gasteiger partial charge in [-0.3, -0.25) is 9.59 Å². The lowest BCUT2D eigenvalue weighted by Gasteiger charge is -2.28. The van der Waals surface area contributed by atoms with Crippen LogP contribution in [0.25, 0.3) is 0 Å². The zero-order valence-corrected chi connectivity index (χ0v) is 11.2. The van der Waals surface area contributed by atoms with E-state index in [4.69, 9.17) is 0 Å². The van der Waals surface area contributed by atoms with Gasteiger partial charge in [0.25, 0.3) is 0 Å². The standard InChI is InChI=1S/C14H13F4NO2/c1-19-7-3-5-9(13(19)21)12(20)8-4-2-6-10(11(8)15)14(16,17)18/h2,4,6,9H,3,5,7H2,1H3/t9-/m0/s1. The number of alkyl halides is 3. The molecule has 0 spiro atoms. The van der Waals surface area contributed by atoms with Gasteiger partial charge in [-0.25, -0.2) is 4.39 Å². The van der Waals surface area contributed by atoms with Crippen LogP contribution in [0.4, 0.5) is 17.6 Å². The van der Waals surface area contributed by atoms with Gasteiger partial charge in [0, 0.05) is 13.6 Å². The van der Waals surface area contributed by atoms with Crippen LogP contribution < -0.4 is 0 Å².